The lowest BCUT2D eigenvalue weighted by atomic mass is 9.94. The van der Waals surface area contributed by atoms with E-state index in [1.165, 1.54) is 11.1 Å². The number of rotatable bonds is 6. The summed E-state index contributed by atoms with van der Waals surface area (Å²) in [6, 6.07) is 8.36. The van der Waals surface area contributed by atoms with Crippen LogP contribution in [0.15, 0.2) is 24.3 Å². The first-order valence-corrected chi connectivity index (χ1v) is 8.28. The fourth-order valence-electron chi connectivity index (χ4n) is 3.08. The molecular weight excluding hydrogens is 260 g/mol. The standard InChI is InChI=1S/C18H28N2O/c1-4-14(5-2)13-20(6-3)18(21)17-11-15-9-7-8-10-16(15)12-19-17/h7-10,14,17,19H,4-6,11-13H2,1-3H3/t17-/m1/s1. The smallest absolute Gasteiger partial charge is 0.240 e. The van der Waals surface area contributed by atoms with Gasteiger partial charge in [-0.05, 0) is 30.4 Å². The van der Waals surface area contributed by atoms with Crippen molar-refractivity contribution in [1.82, 2.24) is 10.2 Å². The lowest BCUT2D eigenvalue weighted by Gasteiger charge is -2.32. The van der Waals surface area contributed by atoms with Gasteiger partial charge in [-0.1, -0.05) is 51.0 Å². The molecule has 3 heteroatoms. The molecule has 116 valence electrons. The van der Waals surface area contributed by atoms with E-state index < -0.39 is 0 Å². The SMILES string of the molecule is CCC(CC)CN(CC)C(=O)[C@H]1Cc2ccccc2CN1. The Kier molecular flexibility index (Phi) is 5.80. The minimum Gasteiger partial charge on any atom is -0.341 e. The van der Waals surface area contributed by atoms with Gasteiger partial charge in [-0.3, -0.25) is 4.79 Å². The predicted molar refractivity (Wildman–Crippen MR) is 87.1 cm³/mol. The van der Waals surface area contributed by atoms with Gasteiger partial charge in [-0.15, -0.1) is 0 Å². The van der Waals surface area contributed by atoms with Crippen molar-refractivity contribution in [2.24, 2.45) is 5.92 Å². The molecule has 1 N–H and O–H groups in total. The monoisotopic (exact) mass is 288 g/mol. The van der Waals surface area contributed by atoms with Crippen molar-refractivity contribution in [3.63, 3.8) is 0 Å². The molecule has 1 amide bonds. The molecule has 1 aromatic rings. The van der Waals surface area contributed by atoms with Crippen molar-refractivity contribution in [3.05, 3.63) is 35.4 Å². The lowest BCUT2D eigenvalue weighted by molar-refractivity contribution is -0.134. The third-order valence-corrected chi connectivity index (χ3v) is 4.71. The van der Waals surface area contributed by atoms with E-state index in [0.717, 1.165) is 38.9 Å². The molecule has 0 spiro atoms. The number of hydrogen-bond donors (Lipinski definition) is 1. The molecule has 0 radical (unpaired) electrons. The van der Waals surface area contributed by atoms with Gasteiger partial charge in [-0.2, -0.15) is 0 Å². The Hall–Kier alpha value is -1.35. The van der Waals surface area contributed by atoms with Crippen LogP contribution in [0.25, 0.3) is 0 Å². The van der Waals surface area contributed by atoms with Crippen molar-refractivity contribution in [3.8, 4) is 0 Å². The van der Waals surface area contributed by atoms with Crippen LogP contribution in [0.4, 0.5) is 0 Å². The summed E-state index contributed by atoms with van der Waals surface area (Å²) in [4.78, 5) is 14.8. The van der Waals surface area contributed by atoms with Crippen molar-refractivity contribution < 1.29 is 4.79 Å². The topological polar surface area (TPSA) is 32.3 Å². The van der Waals surface area contributed by atoms with Crippen molar-refractivity contribution in [2.45, 2.75) is 52.6 Å². The predicted octanol–water partition coefficient (Wildman–Crippen LogP) is 2.99. The van der Waals surface area contributed by atoms with Crippen LogP contribution in [-0.4, -0.2) is 29.9 Å². The summed E-state index contributed by atoms with van der Waals surface area (Å²) in [5, 5.41) is 3.41. The van der Waals surface area contributed by atoms with Gasteiger partial charge in [0.25, 0.3) is 0 Å². The van der Waals surface area contributed by atoms with Crippen LogP contribution >= 0.6 is 0 Å². The molecule has 1 aromatic carbocycles. The molecule has 0 unspecified atom stereocenters. The van der Waals surface area contributed by atoms with Gasteiger partial charge in [0.15, 0.2) is 0 Å². The van der Waals surface area contributed by atoms with Gasteiger partial charge in [-0.25, -0.2) is 0 Å². The van der Waals surface area contributed by atoms with Crippen LogP contribution in [0.2, 0.25) is 0 Å². The van der Waals surface area contributed by atoms with Gasteiger partial charge in [0.2, 0.25) is 5.91 Å². The Labute approximate surface area is 128 Å². The first kappa shape index (κ1) is 16.0. The van der Waals surface area contributed by atoms with E-state index in [0.29, 0.717) is 5.92 Å². The molecule has 1 atom stereocenters. The third kappa shape index (κ3) is 3.85. The van der Waals surface area contributed by atoms with Crippen LogP contribution in [0, 0.1) is 5.92 Å². The Morgan fingerprint density at radius 2 is 1.90 bits per heavy atom. The molecule has 0 fully saturated rings. The van der Waals surface area contributed by atoms with Gasteiger partial charge >= 0.3 is 0 Å². The quantitative estimate of drug-likeness (QED) is 0.873. The molecule has 0 bridgehead atoms. The number of carbonyl (C=O) groups excluding carboxylic acids is 1. The van der Waals surface area contributed by atoms with Gasteiger partial charge in [0, 0.05) is 19.6 Å². The van der Waals surface area contributed by atoms with Gasteiger partial charge in [0.05, 0.1) is 6.04 Å². The molecule has 0 saturated heterocycles. The van der Waals surface area contributed by atoms with Crippen molar-refractivity contribution in [1.29, 1.82) is 0 Å². The largest absolute Gasteiger partial charge is 0.341 e. The lowest BCUT2D eigenvalue weighted by Crippen LogP contribution is -2.50. The normalized spacial score (nSPS) is 17.6. The maximum absolute atomic E-state index is 12.8. The highest BCUT2D eigenvalue weighted by Gasteiger charge is 2.27. The average Bonchev–Trinajstić information content (AvgIpc) is 2.55. The minimum absolute atomic E-state index is 0.0609. The Morgan fingerprint density at radius 3 is 2.52 bits per heavy atom. The van der Waals surface area contributed by atoms with E-state index in [-0.39, 0.29) is 11.9 Å². The first-order valence-electron chi connectivity index (χ1n) is 8.28. The van der Waals surface area contributed by atoms with Crippen LogP contribution in [0.5, 0.6) is 0 Å². The maximum atomic E-state index is 12.8. The molecule has 0 aromatic heterocycles. The molecular formula is C18H28N2O. The summed E-state index contributed by atoms with van der Waals surface area (Å²) in [5.41, 5.74) is 2.64. The highest BCUT2D eigenvalue weighted by molar-refractivity contribution is 5.82. The van der Waals surface area contributed by atoms with E-state index >= 15 is 0 Å². The van der Waals surface area contributed by atoms with Gasteiger partial charge in [0.1, 0.15) is 0 Å². The zero-order valence-corrected chi connectivity index (χ0v) is 13.6. The Bertz CT molecular complexity index is 468. The summed E-state index contributed by atoms with van der Waals surface area (Å²) in [6.45, 7) is 8.99. The molecule has 1 heterocycles. The van der Waals surface area contributed by atoms with Gasteiger partial charge < -0.3 is 10.2 Å². The first-order chi connectivity index (χ1) is 10.2. The highest BCUT2D eigenvalue weighted by atomic mass is 16.2. The molecule has 0 saturated carbocycles. The van der Waals surface area contributed by atoms with E-state index in [9.17, 15) is 4.79 Å². The number of nitrogens with zero attached hydrogens (tertiary/aromatic N) is 1. The number of nitrogens with one attached hydrogen (secondary N) is 1. The Morgan fingerprint density at radius 1 is 1.24 bits per heavy atom. The molecule has 3 nitrogen and oxygen atoms in total. The molecule has 1 aliphatic heterocycles. The molecule has 2 rings (SSSR count). The second-order valence-corrected chi connectivity index (χ2v) is 5.97. The van der Waals surface area contributed by atoms with Crippen LogP contribution in [-0.2, 0) is 17.8 Å². The van der Waals surface area contributed by atoms with E-state index in [4.69, 9.17) is 0 Å². The van der Waals surface area contributed by atoms with Crippen LogP contribution < -0.4 is 5.32 Å². The van der Waals surface area contributed by atoms with Crippen LogP contribution in [0.3, 0.4) is 0 Å². The van der Waals surface area contributed by atoms with Crippen molar-refractivity contribution >= 4 is 5.91 Å². The maximum Gasteiger partial charge on any atom is 0.240 e. The fraction of sp³-hybridized carbons (Fsp3) is 0.611. The average molecular weight is 288 g/mol. The zero-order valence-electron chi connectivity index (χ0n) is 13.6. The number of benzene rings is 1. The number of carbonyl (C=O) groups is 1. The highest BCUT2D eigenvalue weighted by Crippen LogP contribution is 2.18. The van der Waals surface area contributed by atoms with E-state index in [1.807, 2.05) is 4.90 Å². The van der Waals surface area contributed by atoms with E-state index in [2.05, 4.69) is 50.4 Å². The minimum atomic E-state index is -0.0609. The number of hydrogen-bond acceptors (Lipinski definition) is 2. The molecule has 0 aliphatic carbocycles. The number of fused-ring (bicyclic) bond motifs is 1. The van der Waals surface area contributed by atoms with Crippen molar-refractivity contribution in [2.75, 3.05) is 13.1 Å². The van der Waals surface area contributed by atoms with E-state index in [1.54, 1.807) is 0 Å². The third-order valence-electron chi connectivity index (χ3n) is 4.71. The Balaban J connectivity index is 2.02. The van der Waals surface area contributed by atoms with Crippen LogP contribution in [0.1, 0.15) is 44.7 Å². The summed E-state index contributed by atoms with van der Waals surface area (Å²) in [5.74, 6) is 0.878. The molecule has 1 aliphatic rings. The molecule has 21 heavy (non-hydrogen) atoms. The number of likely N-dealkylation sites (N-methyl/N-ethyl adjacent to an activating group) is 1. The summed E-state index contributed by atoms with van der Waals surface area (Å²) >= 11 is 0. The summed E-state index contributed by atoms with van der Waals surface area (Å²) in [6.07, 6.45) is 3.09. The number of amides is 1. The zero-order chi connectivity index (χ0) is 15.2. The second kappa shape index (κ2) is 7.60. The fourth-order valence-corrected chi connectivity index (χ4v) is 3.08. The second-order valence-electron chi connectivity index (χ2n) is 5.97. The summed E-state index contributed by atoms with van der Waals surface area (Å²) in [7, 11) is 0. The summed E-state index contributed by atoms with van der Waals surface area (Å²) < 4.78 is 0.